The molecule has 10 aliphatic heterocycles. The Kier molecular flexibility index (Phi) is 26.2. The summed E-state index contributed by atoms with van der Waals surface area (Å²) in [5.41, 5.74) is 10.7. The first-order valence-corrected chi connectivity index (χ1v) is 40.6. The number of rotatable bonds is 19. The Morgan fingerprint density at radius 3 is 1.26 bits per heavy atom. The van der Waals surface area contributed by atoms with E-state index in [0.29, 0.717) is 121 Å². The zero-order chi connectivity index (χ0) is 91.6. The highest BCUT2D eigenvalue weighted by Gasteiger charge is 2.47. The van der Waals surface area contributed by atoms with Gasteiger partial charge < -0.3 is 62.1 Å². The number of allylic oxidation sites excluding steroid dienone is 5. The van der Waals surface area contributed by atoms with Crippen molar-refractivity contribution in [3.05, 3.63) is 284 Å². The van der Waals surface area contributed by atoms with E-state index in [-0.39, 0.29) is 58.7 Å². The number of likely N-dealkylation sites (N-methyl/N-ethyl adjacent to an activating group) is 1. The van der Waals surface area contributed by atoms with Crippen molar-refractivity contribution in [1.29, 1.82) is 0 Å². The highest BCUT2D eigenvalue weighted by Crippen LogP contribution is 2.33. The molecule has 0 radical (unpaired) electrons. The van der Waals surface area contributed by atoms with Crippen LogP contribution in [0.4, 0.5) is 28.4 Å². The van der Waals surface area contributed by atoms with Crippen LogP contribution in [-0.4, -0.2) is 193 Å². The van der Waals surface area contributed by atoms with Crippen LogP contribution in [0.5, 0.6) is 0 Å². The van der Waals surface area contributed by atoms with E-state index in [0.717, 1.165) is 64.1 Å². The second-order valence-corrected chi connectivity index (χ2v) is 30.5. The van der Waals surface area contributed by atoms with Crippen molar-refractivity contribution < 1.29 is 81.4 Å². The number of nitrogens with zero attached hydrogens (tertiary/aromatic N) is 10. The van der Waals surface area contributed by atoms with Crippen molar-refractivity contribution in [3.8, 4) is 16.9 Å². The number of carbonyl (C=O) groups excluding carboxylic acids is 16. The fraction of sp³-hybridized carbons (Fsp3) is 0.198. The first-order valence-electron chi connectivity index (χ1n) is 40.6. The number of fused-ring (bicyclic) bond motifs is 1. The van der Waals surface area contributed by atoms with E-state index in [2.05, 4.69) is 106 Å². The van der Waals surface area contributed by atoms with Gasteiger partial charge in [0.1, 0.15) is 58.7 Å². The van der Waals surface area contributed by atoms with E-state index in [1.807, 2.05) is 83.6 Å². The lowest BCUT2D eigenvalue weighted by Gasteiger charge is -2.30. The average molecular weight is 1740 g/mol. The molecule has 5 fully saturated rings. The summed E-state index contributed by atoms with van der Waals surface area (Å²) in [6.45, 7) is 20.5. The number of amides is 15. The number of benzene rings is 5. The Hall–Kier alpha value is -17.1. The van der Waals surface area contributed by atoms with Crippen LogP contribution < -0.4 is 52.8 Å². The zero-order valence-corrected chi connectivity index (χ0v) is 69.5. The zero-order valence-electron chi connectivity index (χ0n) is 69.5. The SMILES string of the molecule is C=C1CCC(N2C(=O)C=C(N(C)c3ccccc3)C2=O)C(=O)N1.C=C1CCC(N2C(=O)C=C(Nc3ccc(-n4ccnc4)cc3)C2=O)C(=O)N1.C=C1CCC(N2C(=O)C=C(Nc3ccc4cn[nH]c4c3)C2=O)C(=O)N1.C=C1CCC(N2C(=O)C=C(Nc3cccc(-c4ccn[nH]4)c3)C2=O)C(=O)N1.C=C1CCC(N2C(=O)C=C(Nc3cccc(C(=O)OCC)c3)C2=O)C(=O)N1. The molecule has 0 spiro atoms. The number of aromatic nitrogens is 6. The molecule has 5 unspecified atom stereocenters. The van der Waals surface area contributed by atoms with Crippen LogP contribution in [0.25, 0.3) is 27.8 Å². The molecule has 0 bridgehead atoms. The predicted octanol–water partition coefficient (Wildman–Crippen LogP) is 6.37. The first kappa shape index (κ1) is 88.2. The van der Waals surface area contributed by atoms with Gasteiger partial charge in [0, 0.05) is 130 Å². The van der Waals surface area contributed by atoms with Gasteiger partial charge in [0.25, 0.3) is 59.1 Å². The summed E-state index contributed by atoms with van der Waals surface area (Å²) < 4.78 is 6.80. The molecule has 18 rings (SSSR count). The quantitative estimate of drug-likeness (QED) is 0.0309. The number of imide groups is 5. The predicted molar refractivity (Wildman–Crippen MR) is 467 cm³/mol. The van der Waals surface area contributed by atoms with Crippen LogP contribution >= 0.6 is 0 Å². The smallest absolute Gasteiger partial charge is 0.338 e. The van der Waals surface area contributed by atoms with Gasteiger partial charge in [-0.15, -0.1) is 0 Å². The van der Waals surface area contributed by atoms with E-state index < -0.39 is 101 Å². The van der Waals surface area contributed by atoms with E-state index in [1.165, 1.54) is 30.4 Å². The van der Waals surface area contributed by atoms with Gasteiger partial charge in [-0.3, -0.25) is 107 Å². The Labute approximate surface area is 735 Å². The van der Waals surface area contributed by atoms with Gasteiger partial charge in [-0.05, 0) is 162 Å². The molecular weight excluding hydrogens is 1660 g/mol. The summed E-state index contributed by atoms with van der Waals surface area (Å²) in [5, 5.41) is 39.2. The third-order valence-electron chi connectivity index (χ3n) is 21.7. The minimum atomic E-state index is -0.864. The normalized spacial score (nSPS) is 20.3. The highest BCUT2D eigenvalue weighted by atomic mass is 16.5. The van der Waals surface area contributed by atoms with Crippen molar-refractivity contribution >= 4 is 134 Å². The summed E-state index contributed by atoms with van der Waals surface area (Å²) in [5.74, 6) is -7.50. The van der Waals surface area contributed by atoms with Gasteiger partial charge in [-0.25, -0.2) is 9.78 Å². The third-order valence-corrected chi connectivity index (χ3v) is 21.7. The summed E-state index contributed by atoms with van der Waals surface area (Å²) in [6.07, 6.45) is 19.2. The summed E-state index contributed by atoms with van der Waals surface area (Å²) >= 11 is 0. The summed E-state index contributed by atoms with van der Waals surface area (Å²) in [7, 11) is 1.72. The lowest BCUT2D eigenvalue weighted by molar-refractivity contribution is -0.146. The largest absolute Gasteiger partial charge is 0.462 e. The number of anilines is 5. The van der Waals surface area contributed by atoms with Gasteiger partial charge >= 0.3 is 5.97 Å². The number of hydrogen-bond acceptors (Lipinski definition) is 25. The second kappa shape index (κ2) is 38.4. The molecule has 8 aromatic rings. The molecule has 10 aliphatic rings. The van der Waals surface area contributed by atoms with Crippen molar-refractivity contribution in [2.24, 2.45) is 0 Å². The molecule has 13 heterocycles. The third kappa shape index (κ3) is 19.8. The molecule has 5 saturated heterocycles. The minimum absolute atomic E-state index is 0.0400. The van der Waals surface area contributed by atoms with E-state index >= 15 is 0 Å². The van der Waals surface area contributed by atoms with Gasteiger partial charge in [-0.1, -0.05) is 69.3 Å². The van der Waals surface area contributed by atoms with Crippen LogP contribution in [0, 0.1) is 0 Å². The van der Waals surface area contributed by atoms with Gasteiger partial charge in [0.15, 0.2) is 0 Å². The number of imidazole rings is 1. The highest BCUT2D eigenvalue weighted by molar-refractivity contribution is 6.23. The van der Waals surface area contributed by atoms with Crippen molar-refractivity contribution in [3.63, 3.8) is 0 Å². The Morgan fingerprint density at radius 1 is 0.434 bits per heavy atom. The van der Waals surface area contributed by atoms with E-state index in [1.54, 1.807) is 92.3 Å². The van der Waals surface area contributed by atoms with Crippen molar-refractivity contribution in [2.75, 3.05) is 39.8 Å². The van der Waals surface area contributed by atoms with Crippen LogP contribution in [0.3, 0.4) is 0 Å². The standard InChI is InChI=1S/2C19H17N5O3.C19H19N3O5.C17H15N5O3.C17H17N3O3/c1-12-2-7-16(18(26)21-12)24-17(25)10-15(19(24)27)22-13-3-5-14(6-4-13)23-9-8-20-11-23;1-11-5-6-16(18(26)21-11)24-17(25)10-15(19(24)27)22-13-4-2-3-12(9-13)14-7-8-20-23-14;1-3-27-19(26)12-5-4-6-13(9-12)21-14-10-16(23)22(18(14)25)15-8-7-11(2)20-17(15)24;1-9-2-5-14(16(24)19-9)22-15(23)7-13(17(22)25)20-11-4-3-10-8-18-21-12(10)6-11;1-11-8-9-13(16(22)18-11)20-15(21)10-14(17(20)23)19(2)12-6-4-3-5-7-12/h3-6,8-11,16,22H,1-2,7H2,(H,21,26);2-4,7-10,16,22H,1,5-6H2,(H,20,23)(H,21,26);4-6,9-10,15,21H,2-3,7-8H2,1H3,(H,20,24);3-4,6-8,14,20H,1-2,5H2,(H,18,21)(H,19,24);3-7,10,13H,1,8-9H2,2H3,(H,18,22). The first-order chi connectivity index (χ1) is 62.0. The molecule has 11 N–H and O–H groups in total. The number of esters is 1. The number of aromatic amines is 2. The average Bonchev–Trinajstić information content (AvgIpc) is 1.62. The lowest BCUT2D eigenvalue weighted by Crippen LogP contribution is -2.52. The molecule has 3 aromatic heterocycles. The van der Waals surface area contributed by atoms with Gasteiger partial charge in [-0.2, -0.15) is 10.2 Å². The summed E-state index contributed by atoms with van der Waals surface area (Å²) in [6, 6.07) is 33.5. The molecule has 0 aliphatic carbocycles. The van der Waals surface area contributed by atoms with Gasteiger partial charge in [0.2, 0.25) is 29.5 Å². The van der Waals surface area contributed by atoms with Crippen LogP contribution in [-0.2, 0) is 76.7 Å². The minimum Gasteiger partial charge on any atom is -0.462 e. The Balaban J connectivity index is 0.000000130. The van der Waals surface area contributed by atoms with Crippen LogP contribution in [0.1, 0.15) is 81.5 Å². The number of hydrogen-bond donors (Lipinski definition) is 11. The van der Waals surface area contributed by atoms with Crippen molar-refractivity contribution in [2.45, 2.75) is 101 Å². The topological polar surface area (TPSA) is 485 Å². The Morgan fingerprint density at radius 2 is 0.845 bits per heavy atom. The molecule has 129 heavy (non-hydrogen) atoms. The molecule has 5 atom stereocenters. The van der Waals surface area contributed by atoms with E-state index in [4.69, 9.17) is 4.74 Å². The molecule has 5 aromatic carbocycles. The number of ether oxygens (including phenoxy) is 1. The van der Waals surface area contributed by atoms with Crippen molar-refractivity contribution in [1.82, 2.24) is 81.0 Å². The maximum atomic E-state index is 12.7. The molecule has 0 saturated carbocycles. The monoisotopic (exact) mass is 1740 g/mol. The maximum absolute atomic E-state index is 12.7. The molecule has 656 valence electrons. The molecule has 15 amide bonds. The fourth-order valence-corrected chi connectivity index (χ4v) is 15.2. The Bertz CT molecular complexity index is 6220. The molecular formula is C91H85N21O17. The second-order valence-electron chi connectivity index (χ2n) is 30.5. The number of nitrogens with one attached hydrogen (secondary N) is 11. The maximum Gasteiger partial charge on any atom is 0.338 e. The number of piperidine rings is 5. The fourth-order valence-electron chi connectivity index (χ4n) is 15.2. The van der Waals surface area contributed by atoms with Crippen LogP contribution in [0.2, 0.25) is 0 Å². The number of para-hydroxylation sites is 1. The summed E-state index contributed by atoms with van der Waals surface area (Å²) in [4.78, 5) is 208. The van der Waals surface area contributed by atoms with Crippen LogP contribution in [0.15, 0.2) is 279 Å². The van der Waals surface area contributed by atoms with E-state index in [9.17, 15) is 76.7 Å². The molecule has 38 nitrogen and oxygen atoms in total. The molecule has 38 heteroatoms. The number of carbonyl (C=O) groups is 16. The lowest BCUT2D eigenvalue weighted by atomic mass is 10.0. The van der Waals surface area contributed by atoms with Gasteiger partial charge in [0.05, 0.1) is 35.9 Å². The number of H-pyrrole nitrogens is 2.